The highest BCUT2D eigenvalue weighted by Crippen LogP contribution is 2.25. The van der Waals surface area contributed by atoms with Crippen molar-refractivity contribution in [3.63, 3.8) is 0 Å². The van der Waals surface area contributed by atoms with Crippen molar-refractivity contribution in [2.24, 2.45) is 0 Å². The first-order valence-corrected chi connectivity index (χ1v) is 8.61. The van der Waals surface area contributed by atoms with E-state index in [1.54, 1.807) is 31.2 Å². The van der Waals surface area contributed by atoms with Gasteiger partial charge in [0.25, 0.3) is 10.0 Å². The van der Waals surface area contributed by atoms with Crippen LogP contribution in [0.3, 0.4) is 0 Å². The molecule has 0 aliphatic carbocycles. The summed E-state index contributed by atoms with van der Waals surface area (Å²) in [5.74, 6) is 0. The van der Waals surface area contributed by atoms with Gasteiger partial charge in [-0.1, -0.05) is 28.1 Å². The van der Waals surface area contributed by atoms with E-state index < -0.39 is 10.0 Å². The van der Waals surface area contributed by atoms with Gasteiger partial charge in [-0.05, 0) is 54.8 Å². The zero-order valence-corrected chi connectivity index (χ0v) is 14.1. The lowest BCUT2D eigenvalue weighted by molar-refractivity contribution is 0.280. The summed E-state index contributed by atoms with van der Waals surface area (Å²) in [6, 6.07) is 10.2. The van der Waals surface area contributed by atoms with E-state index in [1.165, 1.54) is 6.07 Å². The van der Waals surface area contributed by atoms with Crippen LogP contribution < -0.4 is 4.72 Å². The first kappa shape index (κ1) is 16.0. The van der Waals surface area contributed by atoms with Gasteiger partial charge in [0, 0.05) is 4.47 Å². The third-order valence-electron chi connectivity index (χ3n) is 3.29. The van der Waals surface area contributed by atoms with Crippen LogP contribution in [0.4, 0.5) is 5.69 Å². The quantitative estimate of drug-likeness (QED) is 0.867. The van der Waals surface area contributed by atoms with Gasteiger partial charge in [0.1, 0.15) is 0 Å². The van der Waals surface area contributed by atoms with Gasteiger partial charge in [0.2, 0.25) is 0 Å². The number of benzene rings is 2. The normalized spacial score (nSPS) is 11.4. The van der Waals surface area contributed by atoms with Gasteiger partial charge in [0.15, 0.2) is 0 Å². The fraction of sp³-hybridized carbons (Fsp3) is 0.200. The molecule has 4 nitrogen and oxygen atoms in total. The molecule has 2 aromatic rings. The van der Waals surface area contributed by atoms with Crippen molar-refractivity contribution in [1.82, 2.24) is 0 Å². The highest BCUT2D eigenvalue weighted by molar-refractivity contribution is 9.10. The Morgan fingerprint density at radius 1 is 1.19 bits per heavy atom. The molecule has 0 aliphatic heterocycles. The Morgan fingerprint density at radius 3 is 2.52 bits per heavy atom. The monoisotopic (exact) mass is 369 g/mol. The molecule has 0 amide bonds. The smallest absolute Gasteiger partial charge is 0.262 e. The van der Waals surface area contributed by atoms with Crippen LogP contribution in [0.2, 0.25) is 0 Å². The lowest BCUT2D eigenvalue weighted by atomic mass is 10.1. The summed E-state index contributed by atoms with van der Waals surface area (Å²) in [6.07, 6.45) is 0. The van der Waals surface area contributed by atoms with Crippen LogP contribution in [0.5, 0.6) is 0 Å². The van der Waals surface area contributed by atoms with E-state index in [9.17, 15) is 13.5 Å². The van der Waals surface area contributed by atoms with Crippen molar-refractivity contribution in [3.05, 3.63) is 57.6 Å². The van der Waals surface area contributed by atoms with Gasteiger partial charge in [-0.25, -0.2) is 8.42 Å². The minimum atomic E-state index is -3.69. The third-order valence-corrected chi connectivity index (χ3v) is 5.29. The Bertz CT molecular complexity index is 772. The molecule has 0 heterocycles. The summed E-state index contributed by atoms with van der Waals surface area (Å²) in [6.45, 7) is 3.33. The van der Waals surface area contributed by atoms with Crippen molar-refractivity contribution in [1.29, 1.82) is 0 Å². The standard InChI is InChI=1S/C15H16BrNO3S/c1-10-8-13(16)6-7-14(10)17-21(19,20)15-5-3-4-12(9-18)11(15)2/h3-8,17-18H,9H2,1-2H3. The van der Waals surface area contributed by atoms with E-state index in [-0.39, 0.29) is 11.5 Å². The molecule has 0 atom stereocenters. The minimum Gasteiger partial charge on any atom is -0.392 e. The molecule has 0 saturated carbocycles. The summed E-state index contributed by atoms with van der Waals surface area (Å²) in [4.78, 5) is 0.177. The molecule has 0 radical (unpaired) electrons. The van der Waals surface area contributed by atoms with Gasteiger partial charge in [0.05, 0.1) is 17.2 Å². The predicted molar refractivity (Wildman–Crippen MR) is 86.8 cm³/mol. The van der Waals surface area contributed by atoms with Gasteiger partial charge < -0.3 is 5.11 Å². The molecular formula is C15H16BrNO3S. The van der Waals surface area contributed by atoms with E-state index in [4.69, 9.17) is 0 Å². The number of aliphatic hydroxyl groups is 1. The fourth-order valence-electron chi connectivity index (χ4n) is 2.06. The van der Waals surface area contributed by atoms with Gasteiger partial charge >= 0.3 is 0 Å². The third kappa shape index (κ3) is 3.45. The summed E-state index contributed by atoms with van der Waals surface area (Å²) in [7, 11) is -3.69. The molecule has 0 aliphatic rings. The number of halogens is 1. The first-order valence-electron chi connectivity index (χ1n) is 6.33. The van der Waals surface area contributed by atoms with Crippen molar-refractivity contribution < 1.29 is 13.5 Å². The maximum atomic E-state index is 12.5. The molecule has 0 unspecified atom stereocenters. The van der Waals surface area contributed by atoms with Crippen LogP contribution in [0.1, 0.15) is 16.7 Å². The topological polar surface area (TPSA) is 66.4 Å². The maximum Gasteiger partial charge on any atom is 0.262 e. The second-order valence-corrected chi connectivity index (χ2v) is 7.33. The number of sulfonamides is 1. The van der Waals surface area contributed by atoms with Gasteiger partial charge in [-0.15, -0.1) is 0 Å². The lowest BCUT2D eigenvalue weighted by Crippen LogP contribution is -2.15. The van der Waals surface area contributed by atoms with E-state index >= 15 is 0 Å². The van der Waals surface area contributed by atoms with Crippen LogP contribution in [-0.4, -0.2) is 13.5 Å². The van der Waals surface area contributed by atoms with Crippen LogP contribution in [-0.2, 0) is 16.6 Å². The Kier molecular flexibility index (Phi) is 4.70. The molecule has 112 valence electrons. The fourth-order valence-corrected chi connectivity index (χ4v) is 3.96. The summed E-state index contributed by atoms with van der Waals surface area (Å²) < 4.78 is 28.5. The number of nitrogens with one attached hydrogen (secondary N) is 1. The largest absolute Gasteiger partial charge is 0.392 e. The van der Waals surface area contributed by atoms with Gasteiger partial charge in [-0.2, -0.15) is 0 Å². The summed E-state index contributed by atoms with van der Waals surface area (Å²) in [5.41, 5.74) is 2.52. The van der Waals surface area contributed by atoms with Crippen molar-refractivity contribution >= 4 is 31.6 Å². The van der Waals surface area contributed by atoms with Gasteiger partial charge in [-0.3, -0.25) is 4.72 Å². The van der Waals surface area contributed by atoms with Crippen molar-refractivity contribution in [2.45, 2.75) is 25.3 Å². The van der Waals surface area contributed by atoms with E-state index in [2.05, 4.69) is 20.7 Å². The number of rotatable bonds is 4. The molecule has 0 fully saturated rings. The van der Waals surface area contributed by atoms with E-state index in [0.29, 0.717) is 16.8 Å². The maximum absolute atomic E-state index is 12.5. The number of aryl methyl sites for hydroxylation is 1. The number of aliphatic hydroxyl groups excluding tert-OH is 1. The average Bonchev–Trinajstić information content (AvgIpc) is 2.42. The van der Waals surface area contributed by atoms with Crippen LogP contribution in [0, 0.1) is 13.8 Å². The van der Waals surface area contributed by atoms with Crippen LogP contribution in [0.15, 0.2) is 45.8 Å². The molecule has 0 aromatic heterocycles. The predicted octanol–water partition coefficient (Wildman–Crippen LogP) is 3.36. The molecule has 0 spiro atoms. The Balaban J connectivity index is 2.43. The first-order chi connectivity index (χ1) is 9.85. The van der Waals surface area contributed by atoms with E-state index in [1.807, 2.05) is 13.0 Å². The average molecular weight is 370 g/mol. The molecule has 2 N–H and O–H groups in total. The molecule has 2 aromatic carbocycles. The zero-order valence-electron chi connectivity index (χ0n) is 11.7. The summed E-state index contributed by atoms with van der Waals surface area (Å²) >= 11 is 3.35. The minimum absolute atomic E-state index is 0.177. The number of hydrogen-bond donors (Lipinski definition) is 2. The molecule has 0 bridgehead atoms. The Hall–Kier alpha value is -1.37. The molecule has 21 heavy (non-hydrogen) atoms. The van der Waals surface area contributed by atoms with Crippen molar-refractivity contribution in [2.75, 3.05) is 4.72 Å². The highest BCUT2D eigenvalue weighted by Gasteiger charge is 2.19. The van der Waals surface area contributed by atoms with Crippen LogP contribution in [0.25, 0.3) is 0 Å². The molecule has 0 saturated heterocycles. The van der Waals surface area contributed by atoms with E-state index in [0.717, 1.165) is 10.0 Å². The Morgan fingerprint density at radius 2 is 1.90 bits per heavy atom. The number of hydrogen-bond acceptors (Lipinski definition) is 3. The van der Waals surface area contributed by atoms with Crippen LogP contribution >= 0.6 is 15.9 Å². The SMILES string of the molecule is Cc1cc(Br)ccc1NS(=O)(=O)c1cccc(CO)c1C. The second-order valence-electron chi connectivity index (χ2n) is 4.76. The van der Waals surface area contributed by atoms with Crippen molar-refractivity contribution in [3.8, 4) is 0 Å². The second kappa shape index (κ2) is 6.17. The molecule has 2 rings (SSSR count). The summed E-state index contributed by atoms with van der Waals surface area (Å²) in [5, 5.41) is 9.25. The Labute approximate surface area is 133 Å². The molecular weight excluding hydrogens is 354 g/mol. The number of anilines is 1. The zero-order chi connectivity index (χ0) is 15.6. The highest BCUT2D eigenvalue weighted by atomic mass is 79.9. The lowest BCUT2D eigenvalue weighted by Gasteiger charge is -2.14. The molecule has 6 heteroatoms.